The number of rotatable bonds is 6. The Balaban J connectivity index is 1.95. The van der Waals surface area contributed by atoms with E-state index in [1.165, 1.54) is 0 Å². The molecule has 3 rings (SSSR count). The molecule has 0 aromatic heterocycles. The molecule has 0 atom stereocenters. The topological polar surface area (TPSA) is 91.1 Å². The molecule has 0 bridgehead atoms. The molecule has 1 amide bonds. The van der Waals surface area contributed by atoms with E-state index in [4.69, 9.17) is 0 Å². The fourth-order valence-electron chi connectivity index (χ4n) is 2.58. The summed E-state index contributed by atoms with van der Waals surface area (Å²) in [6.07, 6.45) is 0. The minimum absolute atomic E-state index is 0.360. The van der Waals surface area contributed by atoms with E-state index < -0.39 is 23.1 Å². The predicted molar refractivity (Wildman–Crippen MR) is 117 cm³/mol. The van der Waals surface area contributed by atoms with Crippen molar-refractivity contribution in [1.29, 1.82) is 0 Å². The molecule has 0 aliphatic rings. The Bertz CT molecular complexity index is 1100. The molecule has 3 aromatic carbocycles. The van der Waals surface area contributed by atoms with E-state index in [-0.39, 0.29) is 0 Å². The lowest BCUT2D eigenvalue weighted by atomic mass is 10.1. The van der Waals surface area contributed by atoms with Crippen LogP contribution in [0.1, 0.15) is 16.7 Å². The van der Waals surface area contributed by atoms with Gasteiger partial charge < -0.3 is 10.4 Å². The van der Waals surface area contributed by atoms with Crippen molar-refractivity contribution in [3.8, 4) is 0 Å². The van der Waals surface area contributed by atoms with Gasteiger partial charge in [-0.15, -0.1) is 5.11 Å². The molecular formula is C24H21N3O3. The second kappa shape index (κ2) is 9.43. The number of Topliss-reactive ketones (excluding diaryl/α,β-unsaturated/α-hetero) is 1. The number of benzene rings is 3. The van der Waals surface area contributed by atoms with E-state index in [9.17, 15) is 14.7 Å². The van der Waals surface area contributed by atoms with E-state index in [0.717, 1.165) is 11.1 Å². The summed E-state index contributed by atoms with van der Waals surface area (Å²) < 4.78 is 0. The number of nitrogens with one attached hydrogen (secondary N) is 1. The molecule has 6 nitrogen and oxygen atoms in total. The lowest BCUT2D eigenvalue weighted by Crippen LogP contribution is -2.24. The number of carbonyl (C=O) groups is 2. The van der Waals surface area contributed by atoms with Gasteiger partial charge in [0.2, 0.25) is 0 Å². The van der Waals surface area contributed by atoms with Crippen LogP contribution >= 0.6 is 0 Å². The first-order chi connectivity index (χ1) is 14.4. The third kappa shape index (κ3) is 5.26. The number of ketones is 1. The molecule has 0 saturated carbocycles. The number of anilines is 1. The molecular weight excluding hydrogens is 378 g/mol. The van der Waals surface area contributed by atoms with Crippen LogP contribution in [0.4, 0.5) is 11.4 Å². The fourth-order valence-corrected chi connectivity index (χ4v) is 2.58. The Hall–Kier alpha value is -4.06. The second-order valence-electron chi connectivity index (χ2n) is 6.75. The zero-order chi connectivity index (χ0) is 21.5. The molecule has 0 radical (unpaired) electrons. The van der Waals surface area contributed by atoms with E-state index in [1.54, 1.807) is 60.7 Å². The number of hydrogen-bond donors (Lipinski definition) is 2. The van der Waals surface area contributed by atoms with Gasteiger partial charge in [-0.3, -0.25) is 9.59 Å². The summed E-state index contributed by atoms with van der Waals surface area (Å²) in [6, 6.07) is 22.6. The normalized spacial score (nSPS) is 11.8. The van der Waals surface area contributed by atoms with Crippen LogP contribution in [0.25, 0.3) is 5.76 Å². The lowest BCUT2D eigenvalue weighted by molar-refractivity contribution is -0.132. The molecule has 150 valence electrons. The second-order valence-corrected chi connectivity index (χ2v) is 6.75. The highest BCUT2D eigenvalue weighted by atomic mass is 16.3. The van der Waals surface area contributed by atoms with Crippen LogP contribution in [0.3, 0.4) is 0 Å². The first-order valence-electron chi connectivity index (χ1n) is 9.33. The van der Waals surface area contributed by atoms with Gasteiger partial charge in [0.1, 0.15) is 0 Å². The highest BCUT2D eigenvalue weighted by Crippen LogP contribution is 2.22. The summed E-state index contributed by atoms with van der Waals surface area (Å²) in [5.74, 6) is -2.33. The summed E-state index contributed by atoms with van der Waals surface area (Å²) in [7, 11) is 0. The molecule has 6 heteroatoms. The third-order valence-corrected chi connectivity index (χ3v) is 4.30. The number of azo groups is 1. The molecule has 2 N–H and O–H groups in total. The number of amides is 1. The SMILES string of the molecule is Cc1ccc(NC(=O)C(=O)C(N=Nc2ccccc2)=C(O)c2ccc(C)cc2)cc1. The Morgan fingerprint density at radius 2 is 1.37 bits per heavy atom. The van der Waals surface area contributed by atoms with Crippen LogP contribution in [-0.4, -0.2) is 16.8 Å². The van der Waals surface area contributed by atoms with E-state index in [0.29, 0.717) is 16.9 Å². The quantitative estimate of drug-likeness (QED) is 0.247. The van der Waals surface area contributed by atoms with Crippen LogP contribution in [0.15, 0.2) is 94.8 Å². The highest BCUT2D eigenvalue weighted by molar-refractivity contribution is 6.47. The predicted octanol–water partition coefficient (Wildman–Crippen LogP) is 5.52. The number of nitrogens with zero attached hydrogens (tertiary/aromatic N) is 2. The van der Waals surface area contributed by atoms with Crippen molar-refractivity contribution >= 4 is 28.8 Å². The van der Waals surface area contributed by atoms with Crippen molar-refractivity contribution in [3.63, 3.8) is 0 Å². The third-order valence-electron chi connectivity index (χ3n) is 4.30. The van der Waals surface area contributed by atoms with Crippen molar-refractivity contribution in [2.45, 2.75) is 13.8 Å². The van der Waals surface area contributed by atoms with Gasteiger partial charge in [0.05, 0.1) is 5.69 Å². The molecule has 0 saturated heterocycles. The Kier molecular flexibility index (Phi) is 6.49. The maximum Gasteiger partial charge on any atom is 0.298 e. The van der Waals surface area contributed by atoms with Crippen LogP contribution < -0.4 is 5.32 Å². The molecule has 0 aliphatic heterocycles. The van der Waals surface area contributed by atoms with Gasteiger partial charge in [0.15, 0.2) is 11.5 Å². The van der Waals surface area contributed by atoms with Crippen molar-refractivity contribution in [2.24, 2.45) is 10.2 Å². The first kappa shape index (κ1) is 20.7. The summed E-state index contributed by atoms with van der Waals surface area (Å²) in [4.78, 5) is 25.4. The van der Waals surface area contributed by atoms with Gasteiger partial charge >= 0.3 is 0 Å². The maximum absolute atomic E-state index is 12.8. The van der Waals surface area contributed by atoms with Gasteiger partial charge in [-0.1, -0.05) is 65.7 Å². The minimum atomic E-state index is -0.992. The Labute approximate surface area is 174 Å². The molecule has 0 unspecified atom stereocenters. The van der Waals surface area contributed by atoms with Crippen LogP contribution in [0.2, 0.25) is 0 Å². The van der Waals surface area contributed by atoms with Crippen LogP contribution in [0.5, 0.6) is 0 Å². The first-order valence-corrected chi connectivity index (χ1v) is 9.33. The zero-order valence-electron chi connectivity index (χ0n) is 16.7. The average Bonchev–Trinajstić information content (AvgIpc) is 2.76. The van der Waals surface area contributed by atoms with Gasteiger partial charge in [-0.05, 0) is 38.1 Å². The molecule has 0 fully saturated rings. The van der Waals surface area contributed by atoms with Crippen LogP contribution in [0, 0.1) is 13.8 Å². The smallest absolute Gasteiger partial charge is 0.298 e. The van der Waals surface area contributed by atoms with Crippen molar-refractivity contribution in [1.82, 2.24) is 0 Å². The molecule has 30 heavy (non-hydrogen) atoms. The average molecular weight is 399 g/mol. The summed E-state index contributed by atoms with van der Waals surface area (Å²) >= 11 is 0. The standard InChI is InChI=1S/C24H21N3O3/c1-16-8-12-18(13-9-16)22(28)21(27-26-20-6-4-3-5-7-20)23(29)24(30)25-19-14-10-17(2)11-15-19/h3-15,28H,1-2H3,(H,25,30). The van der Waals surface area contributed by atoms with E-state index in [2.05, 4.69) is 15.5 Å². The summed E-state index contributed by atoms with van der Waals surface area (Å²) in [6.45, 7) is 3.82. The fraction of sp³-hybridized carbons (Fsp3) is 0.0833. The maximum atomic E-state index is 12.8. The van der Waals surface area contributed by atoms with Gasteiger partial charge in [0.25, 0.3) is 11.7 Å². The number of carbonyl (C=O) groups excluding carboxylic acids is 2. The van der Waals surface area contributed by atoms with Crippen LogP contribution in [-0.2, 0) is 9.59 Å². The Morgan fingerprint density at radius 3 is 1.97 bits per heavy atom. The van der Waals surface area contributed by atoms with Crippen molar-refractivity contribution in [3.05, 3.63) is 101 Å². The van der Waals surface area contributed by atoms with Gasteiger partial charge in [-0.25, -0.2) is 0 Å². The van der Waals surface area contributed by atoms with Gasteiger partial charge in [0, 0.05) is 11.3 Å². The zero-order valence-corrected chi connectivity index (χ0v) is 16.7. The monoisotopic (exact) mass is 399 g/mol. The number of aliphatic hydroxyl groups is 1. The molecule has 0 aliphatic carbocycles. The Morgan fingerprint density at radius 1 is 0.800 bits per heavy atom. The van der Waals surface area contributed by atoms with E-state index in [1.807, 2.05) is 32.0 Å². The summed E-state index contributed by atoms with van der Waals surface area (Å²) in [5.41, 5.74) is 2.88. The number of aryl methyl sites for hydroxylation is 2. The lowest BCUT2D eigenvalue weighted by Gasteiger charge is -2.08. The van der Waals surface area contributed by atoms with Crippen molar-refractivity contribution in [2.75, 3.05) is 5.32 Å². The van der Waals surface area contributed by atoms with E-state index >= 15 is 0 Å². The van der Waals surface area contributed by atoms with Gasteiger partial charge in [-0.2, -0.15) is 5.11 Å². The largest absolute Gasteiger partial charge is 0.505 e. The molecule has 3 aromatic rings. The molecule has 0 spiro atoms. The molecule has 0 heterocycles. The number of aliphatic hydroxyl groups excluding tert-OH is 1. The minimum Gasteiger partial charge on any atom is -0.505 e. The number of hydrogen-bond acceptors (Lipinski definition) is 5. The van der Waals surface area contributed by atoms with Crippen molar-refractivity contribution < 1.29 is 14.7 Å². The highest BCUT2D eigenvalue weighted by Gasteiger charge is 2.24. The summed E-state index contributed by atoms with van der Waals surface area (Å²) in [5, 5.41) is 21.1.